The average Bonchev–Trinajstić information content (AvgIpc) is 2.18. The van der Waals surface area contributed by atoms with E-state index in [1.54, 1.807) is 0 Å². The molecule has 15 heavy (non-hydrogen) atoms. The van der Waals surface area contributed by atoms with E-state index in [2.05, 4.69) is 12.7 Å². The standard InChI is InChI=1S/C13H20O2/c1-5-15-13(14)12-8-11(9(2)3)7-6-10(12)4/h6,11-12H,2,5,7-8H2,1,3-4H3/t11-,12?/m0/s1. The molecule has 0 saturated heterocycles. The highest BCUT2D eigenvalue weighted by molar-refractivity contribution is 5.76. The minimum absolute atomic E-state index is 0.0552. The van der Waals surface area contributed by atoms with Crippen LogP contribution in [-0.2, 0) is 9.53 Å². The minimum Gasteiger partial charge on any atom is -0.466 e. The normalized spacial score (nSPS) is 25.7. The zero-order chi connectivity index (χ0) is 11.4. The van der Waals surface area contributed by atoms with Crippen LogP contribution in [0.15, 0.2) is 23.8 Å². The first-order valence-corrected chi connectivity index (χ1v) is 5.55. The Morgan fingerprint density at radius 1 is 1.67 bits per heavy atom. The van der Waals surface area contributed by atoms with E-state index in [0.717, 1.165) is 24.0 Å². The fourth-order valence-corrected chi connectivity index (χ4v) is 1.96. The van der Waals surface area contributed by atoms with Crippen molar-refractivity contribution >= 4 is 5.97 Å². The number of esters is 1. The SMILES string of the molecule is C=C(C)[C@H]1CC=C(C)C(C(=O)OCC)C1. The van der Waals surface area contributed by atoms with Crippen molar-refractivity contribution in [1.82, 2.24) is 0 Å². The van der Waals surface area contributed by atoms with Gasteiger partial charge in [0.1, 0.15) is 0 Å². The van der Waals surface area contributed by atoms with Gasteiger partial charge in [0.25, 0.3) is 0 Å². The third-order valence-electron chi connectivity index (χ3n) is 3.06. The van der Waals surface area contributed by atoms with Crippen LogP contribution in [0.2, 0.25) is 0 Å². The first-order chi connectivity index (χ1) is 7.06. The molecule has 2 nitrogen and oxygen atoms in total. The van der Waals surface area contributed by atoms with Gasteiger partial charge in [-0.1, -0.05) is 23.8 Å². The maximum absolute atomic E-state index is 11.7. The molecule has 0 aliphatic heterocycles. The molecule has 84 valence electrons. The largest absolute Gasteiger partial charge is 0.466 e. The molecule has 2 atom stereocenters. The molecule has 0 saturated carbocycles. The lowest BCUT2D eigenvalue weighted by Crippen LogP contribution is -2.25. The topological polar surface area (TPSA) is 26.3 Å². The lowest BCUT2D eigenvalue weighted by Gasteiger charge is -2.27. The Kier molecular flexibility index (Phi) is 4.13. The van der Waals surface area contributed by atoms with Gasteiger partial charge >= 0.3 is 5.97 Å². The van der Waals surface area contributed by atoms with E-state index in [-0.39, 0.29) is 11.9 Å². The molecular weight excluding hydrogens is 188 g/mol. The third-order valence-corrected chi connectivity index (χ3v) is 3.06. The lowest BCUT2D eigenvalue weighted by molar-refractivity contribution is -0.147. The molecular formula is C13H20O2. The number of hydrogen-bond donors (Lipinski definition) is 0. The van der Waals surface area contributed by atoms with Crippen molar-refractivity contribution in [2.45, 2.75) is 33.6 Å². The molecule has 0 N–H and O–H groups in total. The molecule has 1 unspecified atom stereocenters. The summed E-state index contributed by atoms with van der Waals surface area (Å²) < 4.78 is 5.07. The predicted octanol–water partition coefficient (Wildman–Crippen LogP) is 3.10. The molecule has 0 fully saturated rings. The van der Waals surface area contributed by atoms with Crippen molar-refractivity contribution in [1.29, 1.82) is 0 Å². The van der Waals surface area contributed by atoms with Gasteiger partial charge in [0.15, 0.2) is 0 Å². The lowest BCUT2D eigenvalue weighted by atomic mass is 9.79. The summed E-state index contributed by atoms with van der Waals surface area (Å²) in [7, 11) is 0. The number of carbonyl (C=O) groups is 1. The van der Waals surface area contributed by atoms with Gasteiger partial charge in [0.2, 0.25) is 0 Å². The summed E-state index contributed by atoms with van der Waals surface area (Å²) in [4.78, 5) is 11.7. The van der Waals surface area contributed by atoms with Crippen LogP contribution >= 0.6 is 0 Å². The Hall–Kier alpha value is -1.05. The second-order valence-corrected chi connectivity index (χ2v) is 4.27. The molecule has 0 bridgehead atoms. The molecule has 1 aliphatic rings. The quantitative estimate of drug-likeness (QED) is 0.526. The molecule has 0 aromatic carbocycles. The summed E-state index contributed by atoms with van der Waals surface area (Å²) in [5.41, 5.74) is 2.30. The fourth-order valence-electron chi connectivity index (χ4n) is 1.96. The number of hydrogen-bond acceptors (Lipinski definition) is 2. The van der Waals surface area contributed by atoms with Crippen molar-refractivity contribution in [2.75, 3.05) is 6.61 Å². The maximum atomic E-state index is 11.7. The Labute approximate surface area is 92.0 Å². The van der Waals surface area contributed by atoms with Crippen molar-refractivity contribution in [3.8, 4) is 0 Å². The first-order valence-electron chi connectivity index (χ1n) is 5.55. The molecule has 0 radical (unpaired) electrons. The Morgan fingerprint density at radius 3 is 2.87 bits per heavy atom. The molecule has 0 amide bonds. The van der Waals surface area contributed by atoms with Gasteiger partial charge in [-0.3, -0.25) is 4.79 Å². The number of carbonyl (C=O) groups excluding carboxylic acids is 1. The van der Waals surface area contributed by atoms with E-state index in [4.69, 9.17) is 4.74 Å². The fraction of sp³-hybridized carbons (Fsp3) is 0.615. The number of rotatable bonds is 3. The highest BCUT2D eigenvalue weighted by Crippen LogP contribution is 2.33. The van der Waals surface area contributed by atoms with Crippen LogP contribution < -0.4 is 0 Å². The van der Waals surface area contributed by atoms with Gasteiger partial charge in [-0.2, -0.15) is 0 Å². The van der Waals surface area contributed by atoms with Crippen LogP contribution in [0.5, 0.6) is 0 Å². The summed E-state index contributed by atoms with van der Waals surface area (Å²) in [6.07, 6.45) is 4.01. The third kappa shape index (κ3) is 2.95. The summed E-state index contributed by atoms with van der Waals surface area (Å²) >= 11 is 0. The van der Waals surface area contributed by atoms with Crippen molar-refractivity contribution in [2.24, 2.45) is 11.8 Å². The number of ether oxygens (including phenoxy) is 1. The van der Waals surface area contributed by atoms with Crippen molar-refractivity contribution in [3.05, 3.63) is 23.8 Å². The van der Waals surface area contributed by atoms with Gasteiger partial charge in [-0.25, -0.2) is 0 Å². The van der Waals surface area contributed by atoms with E-state index in [1.165, 1.54) is 0 Å². The summed E-state index contributed by atoms with van der Waals surface area (Å²) in [6.45, 7) is 10.3. The second-order valence-electron chi connectivity index (χ2n) is 4.27. The molecule has 2 heteroatoms. The summed E-state index contributed by atoms with van der Waals surface area (Å²) in [5.74, 6) is 0.292. The second kappa shape index (κ2) is 5.15. The first kappa shape index (κ1) is 12.0. The highest BCUT2D eigenvalue weighted by atomic mass is 16.5. The molecule has 0 spiro atoms. The van der Waals surface area contributed by atoms with Crippen LogP contribution in [0.1, 0.15) is 33.6 Å². The average molecular weight is 208 g/mol. The maximum Gasteiger partial charge on any atom is 0.313 e. The van der Waals surface area contributed by atoms with Crippen LogP contribution in [0.4, 0.5) is 0 Å². The summed E-state index contributed by atoms with van der Waals surface area (Å²) in [5, 5.41) is 0. The van der Waals surface area contributed by atoms with Crippen LogP contribution in [0.25, 0.3) is 0 Å². The van der Waals surface area contributed by atoms with Crippen LogP contribution in [0, 0.1) is 11.8 Å². The van der Waals surface area contributed by atoms with Gasteiger partial charge in [0, 0.05) is 0 Å². The van der Waals surface area contributed by atoms with Gasteiger partial charge < -0.3 is 4.74 Å². The summed E-state index contributed by atoms with van der Waals surface area (Å²) in [6, 6.07) is 0. The number of allylic oxidation sites excluding steroid dienone is 2. The van der Waals surface area contributed by atoms with Gasteiger partial charge in [-0.15, -0.1) is 0 Å². The van der Waals surface area contributed by atoms with E-state index >= 15 is 0 Å². The van der Waals surface area contributed by atoms with Gasteiger partial charge in [0.05, 0.1) is 12.5 Å². The molecule has 0 heterocycles. The molecule has 0 aromatic heterocycles. The van der Waals surface area contributed by atoms with E-state index in [9.17, 15) is 4.79 Å². The van der Waals surface area contributed by atoms with E-state index < -0.39 is 0 Å². The Morgan fingerprint density at radius 2 is 2.33 bits per heavy atom. The van der Waals surface area contributed by atoms with Gasteiger partial charge in [-0.05, 0) is 39.5 Å². The van der Waals surface area contributed by atoms with E-state index in [1.807, 2.05) is 20.8 Å². The zero-order valence-corrected chi connectivity index (χ0v) is 9.88. The van der Waals surface area contributed by atoms with E-state index in [0.29, 0.717) is 12.5 Å². The van der Waals surface area contributed by atoms with Crippen LogP contribution in [-0.4, -0.2) is 12.6 Å². The molecule has 0 aromatic rings. The Balaban J connectivity index is 2.71. The monoisotopic (exact) mass is 208 g/mol. The predicted molar refractivity (Wildman–Crippen MR) is 61.4 cm³/mol. The minimum atomic E-state index is -0.0859. The Bertz CT molecular complexity index is 289. The molecule has 1 aliphatic carbocycles. The van der Waals surface area contributed by atoms with Crippen molar-refractivity contribution in [3.63, 3.8) is 0 Å². The highest BCUT2D eigenvalue weighted by Gasteiger charge is 2.28. The smallest absolute Gasteiger partial charge is 0.313 e. The van der Waals surface area contributed by atoms with Crippen LogP contribution in [0.3, 0.4) is 0 Å². The molecule has 1 rings (SSSR count). The van der Waals surface area contributed by atoms with Crippen molar-refractivity contribution < 1.29 is 9.53 Å². The zero-order valence-electron chi connectivity index (χ0n) is 9.88.